The van der Waals surface area contributed by atoms with E-state index in [9.17, 15) is 22.0 Å². The van der Waals surface area contributed by atoms with Gasteiger partial charge in [-0.05, 0) is 18.6 Å². The fraction of sp³-hybridized carbons (Fsp3) is 0.364. The van der Waals surface area contributed by atoms with Gasteiger partial charge >= 0.3 is 5.97 Å². The van der Waals surface area contributed by atoms with Crippen molar-refractivity contribution in [2.45, 2.75) is 24.7 Å². The zero-order chi connectivity index (χ0) is 14.6. The SMILES string of the molecule is CCCCOC(=O)c1cc(S(=O)(=O)Cl)cc(F)c1F. The highest BCUT2D eigenvalue weighted by Gasteiger charge is 2.22. The summed E-state index contributed by atoms with van der Waals surface area (Å²) < 4.78 is 53.4. The third-order valence-corrected chi connectivity index (χ3v) is 3.57. The predicted octanol–water partition coefficient (Wildman–Crippen LogP) is 2.85. The van der Waals surface area contributed by atoms with E-state index in [2.05, 4.69) is 4.74 Å². The predicted molar refractivity (Wildman–Crippen MR) is 64.6 cm³/mol. The van der Waals surface area contributed by atoms with Crippen molar-refractivity contribution in [3.8, 4) is 0 Å². The first kappa shape index (κ1) is 15.8. The van der Waals surface area contributed by atoms with Crippen molar-refractivity contribution in [1.82, 2.24) is 0 Å². The third kappa shape index (κ3) is 4.14. The Hall–Kier alpha value is -1.21. The van der Waals surface area contributed by atoms with Crippen LogP contribution in [0.1, 0.15) is 30.1 Å². The van der Waals surface area contributed by atoms with E-state index in [0.29, 0.717) is 18.6 Å². The molecule has 0 bridgehead atoms. The Morgan fingerprint density at radius 1 is 1.37 bits per heavy atom. The van der Waals surface area contributed by atoms with Gasteiger partial charge in [0.25, 0.3) is 9.05 Å². The molecule has 0 fully saturated rings. The van der Waals surface area contributed by atoms with E-state index < -0.39 is 37.1 Å². The first-order valence-corrected chi connectivity index (χ1v) is 7.69. The van der Waals surface area contributed by atoms with Crippen molar-refractivity contribution in [2.24, 2.45) is 0 Å². The molecule has 0 atom stereocenters. The van der Waals surface area contributed by atoms with E-state index in [1.54, 1.807) is 0 Å². The number of hydrogen-bond donors (Lipinski definition) is 0. The maximum Gasteiger partial charge on any atom is 0.341 e. The largest absolute Gasteiger partial charge is 0.462 e. The van der Waals surface area contributed by atoms with E-state index in [1.807, 2.05) is 6.92 Å². The number of esters is 1. The second kappa shape index (κ2) is 6.29. The number of ether oxygens (including phenoxy) is 1. The smallest absolute Gasteiger partial charge is 0.341 e. The Morgan fingerprint density at radius 3 is 2.53 bits per heavy atom. The topological polar surface area (TPSA) is 60.4 Å². The van der Waals surface area contributed by atoms with Crippen molar-refractivity contribution in [1.29, 1.82) is 0 Å². The molecule has 0 aliphatic heterocycles. The number of carbonyl (C=O) groups excluding carboxylic acids is 1. The minimum atomic E-state index is -4.27. The fourth-order valence-corrected chi connectivity index (χ4v) is 2.01. The van der Waals surface area contributed by atoms with Gasteiger partial charge in [0.15, 0.2) is 11.6 Å². The molecule has 0 spiro atoms. The first-order chi connectivity index (χ1) is 8.77. The second-order valence-electron chi connectivity index (χ2n) is 3.69. The summed E-state index contributed by atoms with van der Waals surface area (Å²) in [5.41, 5.74) is -0.796. The van der Waals surface area contributed by atoms with E-state index in [0.717, 1.165) is 6.42 Å². The molecular weight excluding hydrogens is 302 g/mol. The lowest BCUT2D eigenvalue weighted by atomic mass is 10.2. The second-order valence-corrected chi connectivity index (χ2v) is 6.26. The van der Waals surface area contributed by atoms with Crippen LogP contribution >= 0.6 is 10.7 Å². The van der Waals surface area contributed by atoms with Gasteiger partial charge < -0.3 is 4.74 Å². The summed E-state index contributed by atoms with van der Waals surface area (Å²) in [4.78, 5) is 10.8. The fourth-order valence-electron chi connectivity index (χ4n) is 1.24. The van der Waals surface area contributed by atoms with Gasteiger partial charge in [-0.15, -0.1) is 0 Å². The van der Waals surface area contributed by atoms with Crippen LogP contribution in [0.25, 0.3) is 0 Å². The summed E-state index contributed by atoms with van der Waals surface area (Å²) in [6.07, 6.45) is 1.31. The highest BCUT2D eigenvalue weighted by atomic mass is 35.7. The summed E-state index contributed by atoms with van der Waals surface area (Å²) >= 11 is 0. The monoisotopic (exact) mass is 312 g/mol. The standard InChI is InChI=1S/C11H11ClF2O4S/c1-2-3-4-18-11(15)8-5-7(19(12,16)17)6-9(13)10(8)14/h5-6H,2-4H2,1H3. The van der Waals surface area contributed by atoms with Crippen molar-refractivity contribution in [2.75, 3.05) is 6.61 Å². The van der Waals surface area contributed by atoms with E-state index >= 15 is 0 Å². The molecule has 0 heterocycles. The number of rotatable bonds is 5. The molecule has 0 amide bonds. The summed E-state index contributed by atoms with van der Waals surface area (Å²) in [7, 11) is 0.752. The normalized spacial score (nSPS) is 11.4. The number of hydrogen-bond acceptors (Lipinski definition) is 4. The molecule has 0 aromatic heterocycles. The van der Waals surface area contributed by atoms with Gasteiger partial charge in [-0.25, -0.2) is 22.0 Å². The highest BCUT2D eigenvalue weighted by Crippen LogP contribution is 2.22. The van der Waals surface area contributed by atoms with Crippen LogP contribution in [-0.4, -0.2) is 21.0 Å². The average molecular weight is 313 g/mol. The van der Waals surface area contributed by atoms with Gasteiger partial charge in [-0.1, -0.05) is 13.3 Å². The van der Waals surface area contributed by atoms with Crippen molar-refractivity contribution in [3.05, 3.63) is 29.3 Å². The molecular formula is C11H11ClF2O4S. The van der Waals surface area contributed by atoms with Crippen LogP contribution in [0.2, 0.25) is 0 Å². The lowest BCUT2D eigenvalue weighted by Gasteiger charge is -2.07. The zero-order valence-corrected chi connectivity index (χ0v) is 11.5. The molecule has 106 valence electrons. The van der Waals surface area contributed by atoms with Crippen LogP contribution in [0.4, 0.5) is 8.78 Å². The van der Waals surface area contributed by atoms with Gasteiger partial charge in [0.2, 0.25) is 0 Å². The lowest BCUT2D eigenvalue weighted by Crippen LogP contribution is -2.11. The molecule has 19 heavy (non-hydrogen) atoms. The molecule has 1 rings (SSSR count). The van der Waals surface area contributed by atoms with E-state index in [-0.39, 0.29) is 6.61 Å². The molecule has 1 aromatic rings. The van der Waals surface area contributed by atoms with Crippen LogP contribution in [0.15, 0.2) is 17.0 Å². The molecule has 4 nitrogen and oxygen atoms in total. The quantitative estimate of drug-likeness (QED) is 0.476. The lowest BCUT2D eigenvalue weighted by molar-refractivity contribution is 0.0493. The van der Waals surface area contributed by atoms with Crippen molar-refractivity contribution < 1.29 is 26.7 Å². The molecule has 0 aliphatic rings. The van der Waals surface area contributed by atoms with Crippen LogP contribution in [-0.2, 0) is 13.8 Å². The molecule has 0 radical (unpaired) electrons. The van der Waals surface area contributed by atoms with Crippen LogP contribution in [0, 0.1) is 11.6 Å². The van der Waals surface area contributed by atoms with Gasteiger partial charge in [0.05, 0.1) is 17.1 Å². The maximum absolute atomic E-state index is 13.4. The Kier molecular flexibility index (Phi) is 5.25. The van der Waals surface area contributed by atoms with Crippen LogP contribution in [0.5, 0.6) is 0 Å². The summed E-state index contributed by atoms with van der Waals surface area (Å²) in [5, 5.41) is 0. The average Bonchev–Trinajstić information content (AvgIpc) is 2.31. The molecule has 8 heteroatoms. The molecule has 0 N–H and O–H groups in total. The Labute approximate surface area is 113 Å². The third-order valence-electron chi connectivity index (χ3n) is 2.23. The summed E-state index contributed by atoms with van der Waals surface area (Å²) in [6, 6.07) is 1.05. The van der Waals surface area contributed by atoms with E-state index in [4.69, 9.17) is 10.7 Å². The van der Waals surface area contributed by atoms with Crippen LogP contribution < -0.4 is 0 Å². The Balaban J connectivity index is 3.13. The number of carbonyl (C=O) groups is 1. The Bertz CT molecular complexity index is 587. The molecule has 0 aliphatic carbocycles. The molecule has 0 saturated carbocycles. The Morgan fingerprint density at radius 2 is 2.00 bits per heavy atom. The molecule has 0 unspecified atom stereocenters. The van der Waals surface area contributed by atoms with Crippen molar-refractivity contribution in [3.63, 3.8) is 0 Å². The number of unbranched alkanes of at least 4 members (excludes halogenated alkanes) is 1. The summed E-state index contributed by atoms with van der Waals surface area (Å²) in [6.45, 7) is 1.89. The molecule has 0 saturated heterocycles. The van der Waals surface area contributed by atoms with Gasteiger partial charge in [-0.2, -0.15) is 0 Å². The summed E-state index contributed by atoms with van der Waals surface area (Å²) in [5.74, 6) is -4.08. The number of halogens is 3. The van der Waals surface area contributed by atoms with Gasteiger partial charge in [-0.3, -0.25) is 0 Å². The first-order valence-electron chi connectivity index (χ1n) is 5.38. The minimum Gasteiger partial charge on any atom is -0.462 e. The highest BCUT2D eigenvalue weighted by molar-refractivity contribution is 8.13. The van der Waals surface area contributed by atoms with Gasteiger partial charge in [0, 0.05) is 10.7 Å². The molecule has 1 aromatic carbocycles. The zero-order valence-electron chi connectivity index (χ0n) is 9.95. The van der Waals surface area contributed by atoms with Crippen LogP contribution in [0.3, 0.4) is 0 Å². The minimum absolute atomic E-state index is 0.0360. The van der Waals surface area contributed by atoms with E-state index in [1.165, 1.54) is 0 Å². The van der Waals surface area contributed by atoms with Gasteiger partial charge in [0.1, 0.15) is 0 Å². The van der Waals surface area contributed by atoms with Crippen molar-refractivity contribution >= 4 is 25.7 Å². The number of benzene rings is 1. The maximum atomic E-state index is 13.4.